The van der Waals surface area contributed by atoms with Gasteiger partial charge in [0.2, 0.25) is 0 Å². The quantitative estimate of drug-likeness (QED) is 0.196. The minimum absolute atomic E-state index is 0.372. The molecule has 52 heavy (non-hydrogen) atoms. The Kier molecular flexibility index (Phi) is 7.64. The summed E-state index contributed by atoms with van der Waals surface area (Å²) < 4.78 is 6.31. The highest BCUT2D eigenvalue weighted by molar-refractivity contribution is 6.31. The van der Waals surface area contributed by atoms with Crippen LogP contribution in [0.3, 0.4) is 0 Å². The Morgan fingerprint density at radius 3 is 1.37 bits per heavy atom. The number of aromatic amines is 2. The van der Waals surface area contributed by atoms with Crippen molar-refractivity contribution in [3.8, 4) is 11.8 Å². The summed E-state index contributed by atoms with van der Waals surface area (Å²) in [7, 11) is 1.65. The molecule has 6 aromatic rings. The van der Waals surface area contributed by atoms with Crippen LogP contribution in [0.4, 0.5) is 0 Å². The minimum Gasteiger partial charge on any atom is -0.494 e. The molecule has 4 aromatic carbocycles. The van der Waals surface area contributed by atoms with Gasteiger partial charge in [-0.1, -0.05) is 121 Å². The Hall–Kier alpha value is -7.23. The molecule has 5 heterocycles. The molecule has 246 valence electrons. The standard InChI is InChI=1S/C46H31N5O/c1-52-46-44-39(28-47)51-45(46)43(32-20-12-5-13-21-32)38-27-25-36(50-38)41(30-16-8-3-9-17-30)34-23-22-33(48-34)40(29-14-6-2-7-15-29)35-24-26-37(49-35)42(44)31-18-10-4-11-19-31/h2-27,48,51H,1H3. The number of H-pyrrole nitrogens is 2. The molecule has 3 aliphatic heterocycles. The van der Waals surface area contributed by atoms with E-state index in [-0.39, 0.29) is 0 Å². The first-order valence-corrected chi connectivity index (χ1v) is 17.1. The summed E-state index contributed by atoms with van der Waals surface area (Å²) in [6, 6.07) is 47.5. The summed E-state index contributed by atoms with van der Waals surface area (Å²) >= 11 is 0. The Labute approximate surface area is 300 Å². The lowest BCUT2D eigenvalue weighted by Gasteiger charge is -2.14. The number of hydrogen-bond donors (Lipinski definition) is 2. The first kappa shape index (κ1) is 30.8. The van der Waals surface area contributed by atoms with Gasteiger partial charge in [-0.15, -0.1) is 0 Å². The molecule has 0 radical (unpaired) electrons. The molecule has 0 spiro atoms. The van der Waals surface area contributed by atoms with E-state index in [9.17, 15) is 5.26 Å². The zero-order chi connectivity index (χ0) is 35.0. The molecular formula is C46H31N5O. The van der Waals surface area contributed by atoms with Crippen LogP contribution in [-0.4, -0.2) is 28.5 Å². The Bertz CT molecular complexity index is 2730. The fraction of sp³-hybridized carbons (Fsp3) is 0.0217. The number of nitrogens with one attached hydrogen (secondary N) is 2. The number of aromatic nitrogens is 2. The van der Waals surface area contributed by atoms with Gasteiger partial charge in [-0.2, -0.15) is 5.26 Å². The number of hydrogen-bond acceptors (Lipinski definition) is 4. The second-order valence-electron chi connectivity index (χ2n) is 12.6. The van der Waals surface area contributed by atoms with E-state index in [1.807, 2.05) is 97.1 Å². The van der Waals surface area contributed by atoms with Crippen LogP contribution in [0.1, 0.15) is 39.2 Å². The number of rotatable bonds is 5. The van der Waals surface area contributed by atoms with E-state index in [2.05, 4.69) is 76.7 Å². The molecule has 6 nitrogen and oxygen atoms in total. The number of fused-ring (bicyclic) bond motifs is 6. The van der Waals surface area contributed by atoms with Crippen LogP contribution in [0.2, 0.25) is 0 Å². The van der Waals surface area contributed by atoms with Crippen molar-refractivity contribution in [1.82, 2.24) is 9.97 Å². The van der Waals surface area contributed by atoms with Crippen molar-refractivity contribution in [2.45, 2.75) is 0 Å². The lowest BCUT2D eigenvalue weighted by molar-refractivity contribution is 0.413. The third-order valence-electron chi connectivity index (χ3n) is 9.55. The third-order valence-corrected chi connectivity index (χ3v) is 9.55. The first-order chi connectivity index (χ1) is 25.7. The van der Waals surface area contributed by atoms with Crippen molar-refractivity contribution in [3.05, 3.63) is 219 Å². The maximum Gasteiger partial charge on any atom is 0.153 e. The van der Waals surface area contributed by atoms with Crippen molar-refractivity contribution < 1.29 is 4.74 Å². The molecule has 9 rings (SSSR count). The third kappa shape index (κ3) is 5.20. The fourth-order valence-corrected chi connectivity index (χ4v) is 7.30. The van der Waals surface area contributed by atoms with Gasteiger partial charge in [0.25, 0.3) is 0 Å². The van der Waals surface area contributed by atoms with Gasteiger partial charge >= 0.3 is 0 Å². The summed E-state index contributed by atoms with van der Waals surface area (Å²) in [4.78, 5) is 17.9. The van der Waals surface area contributed by atoms with Gasteiger partial charge in [-0.25, -0.2) is 9.98 Å². The van der Waals surface area contributed by atoms with Gasteiger partial charge in [0.15, 0.2) is 5.75 Å². The summed E-state index contributed by atoms with van der Waals surface area (Å²) in [6.45, 7) is 0. The van der Waals surface area contributed by atoms with E-state index in [0.29, 0.717) is 22.7 Å². The Balaban J connectivity index is 1.48. The lowest BCUT2D eigenvalue weighted by Crippen LogP contribution is -2.21. The second kappa shape index (κ2) is 12.9. The van der Waals surface area contributed by atoms with Gasteiger partial charge in [0, 0.05) is 33.0 Å². The minimum atomic E-state index is 0.372. The molecule has 0 atom stereocenters. The van der Waals surface area contributed by atoms with Crippen molar-refractivity contribution in [2.24, 2.45) is 9.98 Å². The van der Waals surface area contributed by atoms with Crippen LogP contribution in [-0.2, 0) is 0 Å². The molecule has 0 aliphatic carbocycles. The highest BCUT2D eigenvalue weighted by Gasteiger charge is 2.30. The van der Waals surface area contributed by atoms with Crippen LogP contribution in [0.15, 0.2) is 179 Å². The van der Waals surface area contributed by atoms with Crippen LogP contribution in [0.5, 0.6) is 5.75 Å². The summed E-state index contributed by atoms with van der Waals surface area (Å²) in [5.41, 5.74) is 12.2. The fourth-order valence-electron chi connectivity index (χ4n) is 7.30. The van der Waals surface area contributed by atoms with Crippen LogP contribution < -0.4 is 15.4 Å². The van der Waals surface area contributed by atoms with Crippen LogP contribution >= 0.6 is 0 Å². The highest BCUT2D eigenvalue weighted by Crippen LogP contribution is 2.45. The van der Waals surface area contributed by atoms with Gasteiger partial charge in [-0.05, 0) is 58.7 Å². The molecule has 2 N–H and O–H groups in total. The average molecular weight is 670 g/mol. The van der Waals surface area contributed by atoms with E-state index in [1.165, 1.54) is 0 Å². The second-order valence-corrected chi connectivity index (χ2v) is 12.6. The molecule has 3 aliphatic rings. The van der Waals surface area contributed by atoms with Gasteiger partial charge in [0.05, 0.1) is 41.2 Å². The maximum atomic E-state index is 10.8. The number of ether oxygens (including phenoxy) is 1. The monoisotopic (exact) mass is 669 g/mol. The number of benzene rings is 4. The molecule has 0 fully saturated rings. The van der Waals surface area contributed by atoms with Crippen molar-refractivity contribution in [2.75, 3.05) is 7.11 Å². The smallest absolute Gasteiger partial charge is 0.153 e. The molecule has 8 bridgehead atoms. The number of nitriles is 1. The van der Waals surface area contributed by atoms with Crippen molar-refractivity contribution in [3.63, 3.8) is 0 Å². The van der Waals surface area contributed by atoms with E-state index in [4.69, 9.17) is 14.7 Å². The predicted octanol–water partition coefficient (Wildman–Crippen LogP) is 7.88. The number of nitrogens with zero attached hydrogens (tertiary/aromatic N) is 3. The molecular weight excluding hydrogens is 639 g/mol. The molecule has 0 unspecified atom stereocenters. The molecule has 0 saturated carbocycles. The van der Waals surface area contributed by atoms with Crippen LogP contribution in [0.25, 0.3) is 22.3 Å². The SMILES string of the molecule is COc1c2[nH]c(C#N)c1C(c1ccccc1)=C1C=CC(=N1)C(c1ccccc1)=c1ccc([nH]1)=C(c1ccccc1)C1=NC(=C2c2ccccc2)C=C1. The molecule has 2 aromatic heterocycles. The van der Waals surface area contributed by atoms with Gasteiger partial charge in [0.1, 0.15) is 11.8 Å². The van der Waals surface area contributed by atoms with Gasteiger partial charge < -0.3 is 14.7 Å². The Morgan fingerprint density at radius 2 is 0.923 bits per heavy atom. The molecule has 0 saturated heterocycles. The van der Waals surface area contributed by atoms with E-state index in [1.54, 1.807) is 7.11 Å². The molecule has 6 heteroatoms. The predicted molar refractivity (Wildman–Crippen MR) is 208 cm³/mol. The maximum absolute atomic E-state index is 10.8. The number of aliphatic imine (C=N–C) groups is 2. The summed E-state index contributed by atoms with van der Waals surface area (Å²) in [5, 5.41) is 12.6. The summed E-state index contributed by atoms with van der Waals surface area (Å²) in [5.74, 6) is 0.544. The zero-order valence-corrected chi connectivity index (χ0v) is 28.3. The van der Waals surface area contributed by atoms with Crippen molar-refractivity contribution in [1.29, 1.82) is 5.26 Å². The van der Waals surface area contributed by atoms with Gasteiger partial charge in [-0.3, -0.25) is 0 Å². The largest absolute Gasteiger partial charge is 0.494 e. The average Bonchev–Trinajstić information content (AvgIpc) is 4.03. The zero-order valence-electron chi connectivity index (χ0n) is 28.3. The van der Waals surface area contributed by atoms with E-state index in [0.717, 1.165) is 78.1 Å². The first-order valence-electron chi connectivity index (χ1n) is 17.1. The van der Waals surface area contributed by atoms with Crippen LogP contribution in [0, 0.1) is 11.3 Å². The topological polar surface area (TPSA) is 89.3 Å². The molecule has 0 amide bonds. The summed E-state index contributed by atoms with van der Waals surface area (Å²) in [6.07, 6.45) is 8.19. The van der Waals surface area contributed by atoms with E-state index >= 15 is 0 Å². The normalized spacial score (nSPS) is 14.8. The Morgan fingerprint density at radius 1 is 0.500 bits per heavy atom. The lowest BCUT2D eigenvalue weighted by atomic mass is 9.93. The van der Waals surface area contributed by atoms with Crippen molar-refractivity contribution >= 4 is 33.7 Å². The van der Waals surface area contributed by atoms with E-state index < -0.39 is 0 Å². The highest BCUT2D eigenvalue weighted by atomic mass is 16.5. The number of allylic oxidation sites excluding steroid dienone is 4. The number of methoxy groups -OCH3 is 1.